The number of nitrogens with zero attached hydrogens (tertiary/aromatic N) is 4. The summed E-state index contributed by atoms with van der Waals surface area (Å²) < 4.78 is 6.50. The first-order chi connectivity index (χ1) is 13.8. The van der Waals surface area contributed by atoms with Crippen LogP contribution < -0.4 is 5.32 Å². The molecule has 0 amide bonds. The van der Waals surface area contributed by atoms with Gasteiger partial charge in [-0.25, -0.2) is 9.97 Å². The number of hydrogen-bond acceptors (Lipinski definition) is 9. The fraction of sp³-hybridized carbons (Fsp3) is 0.263. The lowest BCUT2D eigenvalue weighted by Crippen LogP contribution is -2.18. The highest BCUT2D eigenvalue weighted by atomic mass is 32.2. The van der Waals surface area contributed by atoms with Gasteiger partial charge >= 0.3 is 0 Å². The summed E-state index contributed by atoms with van der Waals surface area (Å²) >= 11 is 4.75. The smallest absolute Gasteiger partial charge is 0.206 e. The number of fused-ring (bicyclic) bond motifs is 1. The van der Waals surface area contributed by atoms with Gasteiger partial charge in [-0.2, -0.15) is 0 Å². The molecule has 0 spiro atoms. The van der Waals surface area contributed by atoms with Crippen LogP contribution in [0.4, 0.5) is 5.13 Å². The maximum atomic E-state index is 5.64. The summed E-state index contributed by atoms with van der Waals surface area (Å²) in [4.78, 5) is 11.1. The summed E-state index contributed by atoms with van der Waals surface area (Å²) in [6.45, 7) is 1.64. The Morgan fingerprint density at radius 1 is 1.14 bits per heavy atom. The van der Waals surface area contributed by atoms with Gasteiger partial charge in [-0.1, -0.05) is 41.7 Å². The minimum absolute atomic E-state index is 0.281. The molecule has 4 heterocycles. The van der Waals surface area contributed by atoms with Crippen molar-refractivity contribution in [3.8, 4) is 10.4 Å². The monoisotopic (exact) mass is 427 g/mol. The summed E-state index contributed by atoms with van der Waals surface area (Å²) in [5, 5.41) is 14.7. The third-order valence-electron chi connectivity index (χ3n) is 4.45. The van der Waals surface area contributed by atoms with Gasteiger partial charge in [-0.05, 0) is 36.2 Å². The molecule has 0 bridgehead atoms. The van der Waals surface area contributed by atoms with Crippen molar-refractivity contribution in [1.29, 1.82) is 0 Å². The SMILES string of the molecule is c1ccc(-c2cc3c(Sc4nnc(NC[C@H]5CCCO5)s4)ncnc3s2)cc1. The molecule has 1 aromatic carbocycles. The molecule has 1 aliphatic heterocycles. The molecule has 1 N–H and O–H groups in total. The Bertz CT molecular complexity index is 1080. The molecule has 4 aromatic rings. The van der Waals surface area contributed by atoms with E-state index in [0.29, 0.717) is 0 Å². The minimum atomic E-state index is 0.281. The van der Waals surface area contributed by atoms with Crippen molar-refractivity contribution in [2.45, 2.75) is 28.3 Å². The second-order valence-electron chi connectivity index (χ2n) is 6.37. The van der Waals surface area contributed by atoms with Gasteiger partial charge in [0.25, 0.3) is 0 Å². The second-order valence-corrected chi connectivity index (χ2v) is 9.61. The topological polar surface area (TPSA) is 72.8 Å². The number of ether oxygens (including phenoxy) is 1. The van der Waals surface area contributed by atoms with Crippen LogP contribution >= 0.6 is 34.4 Å². The molecule has 5 rings (SSSR count). The van der Waals surface area contributed by atoms with Crippen molar-refractivity contribution in [1.82, 2.24) is 20.2 Å². The van der Waals surface area contributed by atoms with E-state index in [1.165, 1.54) is 33.5 Å². The van der Waals surface area contributed by atoms with Crippen LogP contribution in [-0.2, 0) is 4.74 Å². The summed E-state index contributed by atoms with van der Waals surface area (Å²) in [6, 6.07) is 12.5. The van der Waals surface area contributed by atoms with Crippen LogP contribution in [0.1, 0.15) is 12.8 Å². The first-order valence-electron chi connectivity index (χ1n) is 9.02. The standard InChI is InChI=1S/C19H17N5OS3/c1-2-5-12(6-3-1)15-9-14-16(26-15)21-11-22-17(14)27-19-24-23-18(28-19)20-10-13-7-4-8-25-13/h1-3,5-6,9,11,13H,4,7-8,10H2,(H,20,23)/t13-/m1/s1. The Labute approximate surface area is 174 Å². The third kappa shape index (κ3) is 3.88. The van der Waals surface area contributed by atoms with E-state index >= 15 is 0 Å². The second kappa shape index (κ2) is 8.12. The fourth-order valence-corrected chi connectivity index (χ4v) is 5.88. The molecular formula is C19H17N5OS3. The van der Waals surface area contributed by atoms with Crippen molar-refractivity contribution in [3.63, 3.8) is 0 Å². The number of rotatable bonds is 6. The van der Waals surface area contributed by atoms with E-state index in [2.05, 4.69) is 43.7 Å². The molecule has 1 atom stereocenters. The molecule has 1 fully saturated rings. The first kappa shape index (κ1) is 18.0. The molecule has 1 aliphatic rings. The lowest BCUT2D eigenvalue weighted by atomic mass is 10.2. The van der Waals surface area contributed by atoms with Crippen LogP contribution in [0.25, 0.3) is 20.7 Å². The molecule has 6 nitrogen and oxygen atoms in total. The number of aromatic nitrogens is 4. The zero-order valence-corrected chi connectivity index (χ0v) is 17.3. The zero-order chi connectivity index (χ0) is 18.8. The molecular weight excluding hydrogens is 410 g/mol. The van der Waals surface area contributed by atoms with E-state index in [4.69, 9.17) is 4.74 Å². The lowest BCUT2D eigenvalue weighted by molar-refractivity contribution is 0.120. The van der Waals surface area contributed by atoms with E-state index in [1.807, 2.05) is 18.2 Å². The Kier molecular flexibility index (Phi) is 5.22. The van der Waals surface area contributed by atoms with Gasteiger partial charge in [0.05, 0.1) is 6.10 Å². The molecule has 9 heteroatoms. The van der Waals surface area contributed by atoms with E-state index < -0.39 is 0 Å². The maximum absolute atomic E-state index is 5.64. The number of benzene rings is 1. The van der Waals surface area contributed by atoms with Crippen LogP contribution in [0.15, 0.2) is 52.1 Å². The fourth-order valence-electron chi connectivity index (χ4n) is 3.07. The first-order valence-corrected chi connectivity index (χ1v) is 11.5. The maximum Gasteiger partial charge on any atom is 0.206 e. The van der Waals surface area contributed by atoms with Gasteiger partial charge in [-0.3, -0.25) is 0 Å². The molecule has 0 saturated carbocycles. The van der Waals surface area contributed by atoms with Crippen LogP contribution in [0.2, 0.25) is 0 Å². The Balaban J connectivity index is 1.34. The van der Waals surface area contributed by atoms with Crippen molar-refractivity contribution in [3.05, 3.63) is 42.7 Å². The summed E-state index contributed by atoms with van der Waals surface area (Å²) in [7, 11) is 0. The predicted octanol–water partition coefficient (Wildman–Crippen LogP) is 4.95. The Hall–Kier alpha value is -2.07. The average molecular weight is 428 g/mol. The zero-order valence-electron chi connectivity index (χ0n) is 14.9. The van der Waals surface area contributed by atoms with E-state index in [-0.39, 0.29) is 6.10 Å². The quantitative estimate of drug-likeness (QED) is 0.436. The Morgan fingerprint density at radius 3 is 2.93 bits per heavy atom. The molecule has 3 aromatic heterocycles. The third-order valence-corrected chi connectivity index (χ3v) is 7.49. The largest absolute Gasteiger partial charge is 0.376 e. The highest BCUT2D eigenvalue weighted by Gasteiger charge is 2.17. The highest BCUT2D eigenvalue weighted by molar-refractivity contribution is 8.01. The van der Waals surface area contributed by atoms with Crippen molar-refractivity contribution >= 4 is 49.8 Å². The molecule has 0 aliphatic carbocycles. The van der Waals surface area contributed by atoms with Crippen molar-refractivity contribution in [2.75, 3.05) is 18.5 Å². The van der Waals surface area contributed by atoms with Crippen LogP contribution in [-0.4, -0.2) is 39.4 Å². The average Bonchev–Trinajstić information content (AvgIpc) is 3.48. The number of hydrogen-bond donors (Lipinski definition) is 1. The van der Waals surface area contributed by atoms with E-state index in [9.17, 15) is 0 Å². The lowest BCUT2D eigenvalue weighted by Gasteiger charge is -2.08. The van der Waals surface area contributed by atoms with Gasteiger partial charge in [0.2, 0.25) is 5.13 Å². The van der Waals surface area contributed by atoms with Crippen LogP contribution in [0.5, 0.6) is 0 Å². The van der Waals surface area contributed by atoms with Gasteiger partial charge in [0.1, 0.15) is 16.2 Å². The number of thiophene rings is 1. The van der Waals surface area contributed by atoms with Crippen LogP contribution in [0.3, 0.4) is 0 Å². The molecule has 1 saturated heterocycles. The van der Waals surface area contributed by atoms with E-state index in [1.54, 1.807) is 17.7 Å². The van der Waals surface area contributed by atoms with E-state index in [0.717, 1.165) is 50.7 Å². The van der Waals surface area contributed by atoms with Gasteiger partial charge < -0.3 is 10.1 Å². The Morgan fingerprint density at radius 2 is 2.07 bits per heavy atom. The van der Waals surface area contributed by atoms with Crippen LogP contribution in [0, 0.1) is 0 Å². The van der Waals surface area contributed by atoms with Crippen molar-refractivity contribution < 1.29 is 4.74 Å². The normalized spacial score (nSPS) is 16.6. The minimum Gasteiger partial charge on any atom is -0.376 e. The molecule has 0 unspecified atom stereocenters. The van der Waals surface area contributed by atoms with Gasteiger partial charge in [0, 0.05) is 23.4 Å². The van der Waals surface area contributed by atoms with Crippen molar-refractivity contribution in [2.24, 2.45) is 0 Å². The van der Waals surface area contributed by atoms with Gasteiger partial charge in [-0.15, -0.1) is 21.5 Å². The molecule has 0 radical (unpaired) electrons. The summed E-state index contributed by atoms with van der Waals surface area (Å²) in [5.74, 6) is 0. The number of nitrogens with one attached hydrogen (secondary N) is 1. The molecule has 142 valence electrons. The highest BCUT2D eigenvalue weighted by Crippen LogP contribution is 2.39. The summed E-state index contributed by atoms with van der Waals surface area (Å²) in [6.07, 6.45) is 4.14. The predicted molar refractivity (Wildman–Crippen MR) is 114 cm³/mol. The summed E-state index contributed by atoms with van der Waals surface area (Å²) in [5.41, 5.74) is 1.19. The molecule has 28 heavy (non-hydrogen) atoms. The number of anilines is 1. The van der Waals surface area contributed by atoms with Gasteiger partial charge in [0.15, 0.2) is 4.34 Å².